The van der Waals surface area contributed by atoms with Gasteiger partial charge in [0.05, 0.1) is 20.7 Å². The Labute approximate surface area is 305 Å². The van der Waals surface area contributed by atoms with Crippen LogP contribution in [-0.4, -0.2) is 68.0 Å². The fraction of sp³-hybridized carbons (Fsp3) is 0.953. The van der Waals surface area contributed by atoms with Gasteiger partial charge < -0.3 is 19.1 Å². The van der Waals surface area contributed by atoms with Gasteiger partial charge in [-0.25, -0.2) is 0 Å². The monoisotopic (exact) mass is 697 g/mol. The molecule has 0 aromatic rings. The molecule has 0 rings (SSSR count). The van der Waals surface area contributed by atoms with E-state index in [0.717, 1.165) is 25.7 Å². The summed E-state index contributed by atoms with van der Waals surface area (Å²) in [5.74, 6) is -0.409. The molecule has 6 nitrogen and oxygen atoms in total. The minimum absolute atomic E-state index is 0.0613. The van der Waals surface area contributed by atoms with Gasteiger partial charge in [0.2, 0.25) is 0 Å². The van der Waals surface area contributed by atoms with Gasteiger partial charge in [-0.1, -0.05) is 194 Å². The number of carbonyl (C=O) groups is 2. The van der Waals surface area contributed by atoms with E-state index in [1.807, 2.05) is 14.1 Å². The largest absolute Gasteiger partial charge is 0.461 e. The number of carbonyl (C=O) groups excluding carboxylic acids is 2. The molecule has 0 aliphatic rings. The molecule has 0 aromatic heterocycles. The van der Waals surface area contributed by atoms with Crippen LogP contribution in [0.3, 0.4) is 0 Å². The maximum Gasteiger partial charge on any atom is 0.306 e. The maximum atomic E-state index is 12.7. The van der Waals surface area contributed by atoms with Crippen molar-refractivity contribution in [3.05, 3.63) is 0 Å². The van der Waals surface area contributed by atoms with Crippen molar-refractivity contribution < 1.29 is 28.7 Å². The number of quaternary nitrogens is 1. The van der Waals surface area contributed by atoms with E-state index in [-0.39, 0.29) is 25.2 Å². The molecule has 0 fully saturated rings. The lowest BCUT2D eigenvalue weighted by Crippen LogP contribution is -2.49. The third-order valence-corrected chi connectivity index (χ3v) is 10.1. The van der Waals surface area contributed by atoms with Crippen LogP contribution in [0.15, 0.2) is 0 Å². The fourth-order valence-corrected chi connectivity index (χ4v) is 6.82. The van der Waals surface area contributed by atoms with Gasteiger partial charge in [-0.05, 0) is 12.8 Å². The zero-order valence-corrected chi connectivity index (χ0v) is 33.6. The summed E-state index contributed by atoms with van der Waals surface area (Å²) >= 11 is 0. The third kappa shape index (κ3) is 36.5. The van der Waals surface area contributed by atoms with E-state index in [1.54, 1.807) is 0 Å². The summed E-state index contributed by atoms with van der Waals surface area (Å²) in [5.41, 5.74) is 0. The van der Waals surface area contributed by atoms with E-state index < -0.39 is 6.10 Å². The van der Waals surface area contributed by atoms with Crippen molar-refractivity contribution in [3.63, 3.8) is 0 Å². The SMILES string of the molecule is CCCCCCCCCCCCCCCCCC(=O)OC[C@H](C[N+](C)(C)CCO)OC(=O)CCCCCCCCCCCCCCCCC. The standard InChI is InChI=1S/C43H86NO5/c1-5-7-9-11-13-15-17-19-21-23-25-27-29-31-33-35-42(46)48-40-41(39-44(3,4)37-38-45)49-43(47)36-34-32-30-28-26-24-22-20-18-16-14-12-10-8-6-2/h41,45H,5-40H2,1-4H3/q+1/t41-/m0/s1. The number of hydrogen-bond donors (Lipinski definition) is 1. The van der Waals surface area contributed by atoms with Crippen molar-refractivity contribution in [1.29, 1.82) is 0 Å². The van der Waals surface area contributed by atoms with E-state index in [9.17, 15) is 14.7 Å². The van der Waals surface area contributed by atoms with E-state index in [0.29, 0.717) is 30.4 Å². The minimum Gasteiger partial charge on any atom is -0.461 e. The Kier molecular flexibility index (Phi) is 35.8. The molecule has 0 radical (unpaired) electrons. The molecule has 0 aromatic carbocycles. The Balaban J connectivity index is 3.99. The zero-order valence-electron chi connectivity index (χ0n) is 33.6. The lowest BCUT2D eigenvalue weighted by molar-refractivity contribution is -0.893. The summed E-state index contributed by atoms with van der Waals surface area (Å²) in [7, 11) is 4.01. The van der Waals surface area contributed by atoms with Gasteiger partial charge in [-0.2, -0.15) is 0 Å². The highest BCUT2D eigenvalue weighted by Crippen LogP contribution is 2.16. The Bertz CT molecular complexity index is 712. The van der Waals surface area contributed by atoms with Crippen LogP contribution in [0.4, 0.5) is 0 Å². The Morgan fingerprint density at radius 3 is 1.12 bits per heavy atom. The topological polar surface area (TPSA) is 72.8 Å². The first-order valence-electron chi connectivity index (χ1n) is 21.6. The zero-order chi connectivity index (χ0) is 36.1. The molecule has 0 saturated carbocycles. The second-order valence-corrected chi connectivity index (χ2v) is 15.8. The summed E-state index contributed by atoms with van der Waals surface area (Å²) in [6.07, 6.45) is 39.2. The molecular formula is C43H86NO5+. The number of nitrogens with zero attached hydrogens (tertiary/aromatic N) is 1. The molecule has 0 spiro atoms. The number of esters is 2. The molecule has 0 aliphatic heterocycles. The number of likely N-dealkylation sites (N-methyl/N-ethyl adjacent to an activating group) is 1. The van der Waals surface area contributed by atoms with E-state index in [2.05, 4.69) is 13.8 Å². The Hall–Kier alpha value is -1.14. The Morgan fingerprint density at radius 1 is 0.490 bits per heavy atom. The molecule has 0 unspecified atom stereocenters. The summed E-state index contributed by atoms with van der Waals surface area (Å²) in [4.78, 5) is 25.2. The molecule has 0 amide bonds. The molecule has 49 heavy (non-hydrogen) atoms. The van der Waals surface area contributed by atoms with Crippen molar-refractivity contribution in [2.24, 2.45) is 0 Å². The first-order valence-corrected chi connectivity index (χ1v) is 21.6. The summed E-state index contributed by atoms with van der Waals surface area (Å²) < 4.78 is 11.9. The predicted octanol–water partition coefficient (Wildman–Crippen LogP) is 12.0. The van der Waals surface area contributed by atoms with Gasteiger partial charge in [-0.3, -0.25) is 9.59 Å². The van der Waals surface area contributed by atoms with Crippen molar-refractivity contribution in [1.82, 2.24) is 0 Å². The predicted molar refractivity (Wildman–Crippen MR) is 209 cm³/mol. The summed E-state index contributed by atoms with van der Waals surface area (Å²) in [5, 5.41) is 9.47. The van der Waals surface area contributed by atoms with Crippen LogP contribution in [0.5, 0.6) is 0 Å². The van der Waals surface area contributed by atoms with Crippen molar-refractivity contribution >= 4 is 11.9 Å². The molecule has 1 atom stereocenters. The van der Waals surface area contributed by atoms with Crippen LogP contribution in [-0.2, 0) is 19.1 Å². The summed E-state index contributed by atoms with van der Waals surface area (Å²) in [6, 6.07) is 0. The highest BCUT2D eigenvalue weighted by Gasteiger charge is 2.26. The van der Waals surface area contributed by atoms with E-state index >= 15 is 0 Å². The highest BCUT2D eigenvalue weighted by atomic mass is 16.6. The molecule has 1 N–H and O–H groups in total. The lowest BCUT2D eigenvalue weighted by atomic mass is 10.0. The Morgan fingerprint density at radius 2 is 0.796 bits per heavy atom. The average Bonchev–Trinajstić information content (AvgIpc) is 3.07. The number of aliphatic hydroxyl groups is 1. The van der Waals surface area contributed by atoms with Crippen LogP contribution >= 0.6 is 0 Å². The average molecular weight is 697 g/mol. The second kappa shape index (κ2) is 36.6. The number of aliphatic hydroxyl groups excluding tert-OH is 1. The van der Waals surface area contributed by atoms with E-state index in [4.69, 9.17) is 9.47 Å². The molecule has 0 bridgehead atoms. The molecule has 6 heteroatoms. The maximum absolute atomic E-state index is 12.7. The molecule has 0 heterocycles. The molecule has 0 saturated heterocycles. The van der Waals surface area contributed by atoms with Crippen LogP contribution in [0.1, 0.15) is 219 Å². The normalized spacial score (nSPS) is 12.3. The first-order chi connectivity index (χ1) is 23.8. The van der Waals surface area contributed by atoms with Crippen molar-refractivity contribution in [2.75, 3.05) is 40.4 Å². The van der Waals surface area contributed by atoms with Gasteiger partial charge in [0.1, 0.15) is 19.7 Å². The first kappa shape index (κ1) is 47.9. The van der Waals surface area contributed by atoms with Crippen molar-refractivity contribution in [2.45, 2.75) is 225 Å². The molecular weight excluding hydrogens is 610 g/mol. The van der Waals surface area contributed by atoms with Gasteiger partial charge in [0, 0.05) is 12.8 Å². The van der Waals surface area contributed by atoms with E-state index in [1.165, 1.54) is 167 Å². The number of hydrogen-bond acceptors (Lipinski definition) is 5. The minimum atomic E-state index is -0.490. The smallest absolute Gasteiger partial charge is 0.306 e. The van der Waals surface area contributed by atoms with Gasteiger partial charge >= 0.3 is 11.9 Å². The lowest BCUT2D eigenvalue weighted by Gasteiger charge is -2.32. The quantitative estimate of drug-likeness (QED) is 0.0393. The van der Waals surface area contributed by atoms with Gasteiger partial charge in [0.25, 0.3) is 0 Å². The number of ether oxygens (including phenoxy) is 2. The van der Waals surface area contributed by atoms with Crippen molar-refractivity contribution in [3.8, 4) is 0 Å². The highest BCUT2D eigenvalue weighted by molar-refractivity contribution is 5.70. The molecule has 0 aliphatic carbocycles. The number of unbranched alkanes of at least 4 members (excludes halogenated alkanes) is 28. The molecule has 292 valence electrons. The van der Waals surface area contributed by atoms with Crippen LogP contribution in [0.25, 0.3) is 0 Å². The second-order valence-electron chi connectivity index (χ2n) is 15.8. The summed E-state index contributed by atoms with van der Waals surface area (Å²) in [6.45, 7) is 5.77. The van der Waals surface area contributed by atoms with Crippen LogP contribution in [0.2, 0.25) is 0 Å². The number of rotatable bonds is 39. The van der Waals surface area contributed by atoms with Gasteiger partial charge in [0.15, 0.2) is 6.10 Å². The van der Waals surface area contributed by atoms with Crippen LogP contribution in [0, 0.1) is 0 Å². The van der Waals surface area contributed by atoms with Gasteiger partial charge in [-0.15, -0.1) is 0 Å². The fourth-order valence-electron chi connectivity index (χ4n) is 6.82. The third-order valence-electron chi connectivity index (χ3n) is 10.1. The van der Waals surface area contributed by atoms with Crippen LogP contribution < -0.4 is 0 Å².